The molecule has 0 fully saturated rings. The molecule has 3 heteroatoms. The van der Waals surface area contributed by atoms with Crippen LogP contribution in [0.25, 0.3) is 0 Å². The fourth-order valence-corrected chi connectivity index (χ4v) is 1.93. The molecule has 1 aliphatic rings. The van der Waals surface area contributed by atoms with E-state index in [1.54, 1.807) is 6.07 Å². The molecule has 0 spiro atoms. The van der Waals surface area contributed by atoms with Crippen LogP contribution in [-0.4, -0.2) is 6.54 Å². The molecular formula is C11H13F2N. The second kappa shape index (κ2) is 4.05. The van der Waals surface area contributed by atoms with Crippen LogP contribution in [0.15, 0.2) is 18.2 Å². The molecule has 0 radical (unpaired) electrons. The number of hydrogen-bond acceptors (Lipinski definition) is 1. The Morgan fingerprint density at radius 3 is 2.93 bits per heavy atom. The van der Waals surface area contributed by atoms with Crippen LogP contribution < -0.4 is 5.32 Å². The highest BCUT2D eigenvalue weighted by molar-refractivity contribution is 5.36. The van der Waals surface area contributed by atoms with Crippen LogP contribution in [0.2, 0.25) is 0 Å². The van der Waals surface area contributed by atoms with Gasteiger partial charge in [0.1, 0.15) is 0 Å². The number of fused-ring (bicyclic) bond motifs is 1. The quantitative estimate of drug-likeness (QED) is 0.729. The van der Waals surface area contributed by atoms with Crippen molar-refractivity contribution in [3.05, 3.63) is 34.9 Å². The lowest BCUT2D eigenvalue weighted by Gasteiger charge is -2.11. The largest absolute Gasteiger partial charge is 0.313 e. The van der Waals surface area contributed by atoms with E-state index in [9.17, 15) is 8.78 Å². The third-order valence-corrected chi connectivity index (χ3v) is 2.65. The van der Waals surface area contributed by atoms with Gasteiger partial charge in [-0.05, 0) is 30.5 Å². The maximum atomic E-state index is 12.7. The summed E-state index contributed by atoms with van der Waals surface area (Å²) in [5.74, 6) is 0. The van der Waals surface area contributed by atoms with E-state index in [4.69, 9.17) is 0 Å². The van der Waals surface area contributed by atoms with Gasteiger partial charge in [0, 0.05) is 12.1 Å². The molecular weight excluding hydrogens is 184 g/mol. The molecule has 0 amide bonds. The Morgan fingerprint density at radius 2 is 2.14 bits per heavy atom. The van der Waals surface area contributed by atoms with Gasteiger partial charge in [-0.25, -0.2) is 8.78 Å². The molecule has 2 rings (SSSR count). The van der Waals surface area contributed by atoms with Gasteiger partial charge in [0.05, 0.1) is 0 Å². The van der Waals surface area contributed by atoms with Crippen molar-refractivity contribution in [1.82, 2.24) is 5.32 Å². The summed E-state index contributed by atoms with van der Waals surface area (Å²) in [6.07, 6.45) is -0.424. The zero-order valence-electron chi connectivity index (χ0n) is 7.89. The van der Waals surface area contributed by atoms with E-state index < -0.39 is 6.43 Å². The Balaban J connectivity index is 2.42. The predicted octanol–water partition coefficient (Wildman–Crippen LogP) is 2.66. The second-order valence-electron chi connectivity index (χ2n) is 3.57. The summed E-state index contributed by atoms with van der Waals surface area (Å²) in [7, 11) is 0. The number of benzene rings is 1. The van der Waals surface area contributed by atoms with Gasteiger partial charge >= 0.3 is 0 Å². The number of halogens is 2. The first-order valence-electron chi connectivity index (χ1n) is 4.88. The van der Waals surface area contributed by atoms with Gasteiger partial charge in [-0.15, -0.1) is 0 Å². The molecule has 0 unspecified atom stereocenters. The van der Waals surface area contributed by atoms with Crippen LogP contribution >= 0.6 is 0 Å². The van der Waals surface area contributed by atoms with E-state index in [1.807, 2.05) is 6.07 Å². The molecule has 1 nitrogen and oxygen atoms in total. The first-order valence-corrected chi connectivity index (χ1v) is 4.88. The minimum Gasteiger partial charge on any atom is -0.313 e. The normalized spacial score (nSPS) is 16.5. The molecule has 1 N–H and O–H groups in total. The van der Waals surface area contributed by atoms with Gasteiger partial charge in [-0.2, -0.15) is 0 Å². The summed E-state index contributed by atoms with van der Waals surface area (Å²) >= 11 is 0. The van der Waals surface area contributed by atoms with E-state index in [1.165, 1.54) is 6.07 Å². The monoisotopic (exact) mass is 197 g/mol. The van der Waals surface area contributed by atoms with Gasteiger partial charge in [0.25, 0.3) is 6.43 Å². The van der Waals surface area contributed by atoms with Gasteiger partial charge in [0.15, 0.2) is 0 Å². The lowest BCUT2D eigenvalue weighted by Crippen LogP contribution is -2.13. The Morgan fingerprint density at radius 1 is 1.29 bits per heavy atom. The van der Waals surface area contributed by atoms with Crippen molar-refractivity contribution in [2.75, 3.05) is 6.54 Å². The molecule has 0 atom stereocenters. The highest BCUT2D eigenvalue weighted by Gasteiger charge is 2.16. The third kappa shape index (κ3) is 1.77. The molecule has 1 aliphatic heterocycles. The Bertz CT molecular complexity index is 323. The maximum absolute atomic E-state index is 12.7. The molecule has 0 aromatic heterocycles. The minimum absolute atomic E-state index is 0.192. The zero-order chi connectivity index (χ0) is 9.97. The van der Waals surface area contributed by atoms with Gasteiger partial charge < -0.3 is 5.32 Å². The number of aryl methyl sites for hydroxylation is 1. The minimum atomic E-state index is -2.36. The first-order chi connectivity index (χ1) is 6.79. The van der Waals surface area contributed by atoms with Crippen LogP contribution in [0.5, 0.6) is 0 Å². The van der Waals surface area contributed by atoms with Crippen LogP contribution in [0.4, 0.5) is 8.78 Å². The average molecular weight is 197 g/mol. The lowest BCUT2D eigenvalue weighted by atomic mass is 9.99. The molecule has 14 heavy (non-hydrogen) atoms. The summed E-state index contributed by atoms with van der Waals surface area (Å²) in [5, 5.41) is 3.17. The molecule has 0 saturated heterocycles. The maximum Gasteiger partial charge on any atom is 0.264 e. The van der Waals surface area contributed by atoms with Gasteiger partial charge in [-0.1, -0.05) is 18.2 Å². The van der Waals surface area contributed by atoms with Crippen molar-refractivity contribution < 1.29 is 8.78 Å². The first kappa shape index (κ1) is 9.59. The Kier molecular flexibility index (Phi) is 2.77. The summed E-state index contributed by atoms with van der Waals surface area (Å²) in [6, 6.07) is 5.20. The smallest absolute Gasteiger partial charge is 0.264 e. The number of rotatable bonds is 1. The summed E-state index contributed by atoms with van der Waals surface area (Å²) in [5.41, 5.74) is 2.07. The van der Waals surface area contributed by atoms with E-state index in [2.05, 4.69) is 5.32 Å². The topological polar surface area (TPSA) is 12.0 Å². The molecule has 0 aliphatic carbocycles. The molecule has 1 heterocycles. The van der Waals surface area contributed by atoms with Crippen LogP contribution in [0.1, 0.15) is 29.5 Å². The van der Waals surface area contributed by atoms with E-state index >= 15 is 0 Å². The third-order valence-electron chi connectivity index (χ3n) is 2.65. The fourth-order valence-electron chi connectivity index (χ4n) is 1.93. The van der Waals surface area contributed by atoms with Gasteiger partial charge in [-0.3, -0.25) is 0 Å². The van der Waals surface area contributed by atoms with E-state index in [-0.39, 0.29) is 5.56 Å². The number of hydrogen-bond donors (Lipinski definition) is 1. The molecule has 0 saturated carbocycles. The number of nitrogens with one attached hydrogen (secondary N) is 1. The zero-order valence-corrected chi connectivity index (χ0v) is 7.89. The van der Waals surface area contributed by atoms with Crippen molar-refractivity contribution in [3.63, 3.8) is 0 Å². The highest BCUT2D eigenvalue weighted by Crippen LogP contribution is 2.27. The van der Waals surface area contributed by atoms with Crippen LogP contribution in [0.3, 0.4) is 0 Å². The van der Waals surface area contributed by atoms with Gasteiger partial charge in [0.2, 0.25) is 0 Å². The molecule has 76 valence electrons. The van der Waals surface area contributed by atoms with Crippen molar-refractivity contribution in [2.24, 2.45) is 0 Å². The van der Waals surface area contributed by atoms with Crippen molar-refractivity contribution in [3.8, 4) is 0 Å². The van der Waals surface area contributed by atoms with Crippen molar-refractivity contribution in [2.45, 2.75) is 25.8 Å². The fraction of sp³-hybridized carbons (Fsp3) is 0.455. The molecule has 1 aromatic rings. The summed E-state index contributed by atoms with van der Waals surface area (Å²) < 4.78 is 25.3. The second-order valence-corrected chi connectivity index (χ2v) is 3.57. The number of alkyl halides is 2. The SMILES string of the molecule is FC(F)c1cccc2c1CNCCC2. The molecule has 0 bridgehead atoms. The standard InChI is InChI=1S/C11H13F2N/c12-11(13)9-5-1-3-8-4-2-6-14-7-10(8)9/h1,3,5,11,14H,2,4,6-7H2. The Hall–Kier alpha value is -0.960. The van der Waals surface area contributed by atoms with E-state index in [0.29, 0.717) is 6.54 Å². The van der Waals surface area contributed by atoms with E-state index in [0.717, 1.165) is 30.5 Å². The summed E-state index contributed by atoms with van der Waals surface area (Å²) in [4.78, 5) is 0. The molecule has 1 aromatic carbocycles. The van der Waals surface area contributed by atoms with Crippen LogP contribution in [-0.2, 0) is 13.0 Å². The van der Waals surface area contributed by atoms with Crippen molar-refractivity contribution >= 4 is 0 Å². The lowest BCUT2D eigenvalue weighted by molar-refractivity contribution is 0.150. The Labute approximate surface area is 82.1 Å². The highest BCUT2D eigenvalue weighted by atomic mass is 19.3. The predicted molar refractivity (Wildman–Crippen MR) is 51.4 cm³/mol. The summed E-state index contributed by atoms with van der Waals surface area (Å²) in [6.45, 7) is 1.49. The average Bonchev–Trinajstić information content (AvgIpc) is 2.41. The van der Waals surface area contributed by atoms with Crippen LogP contribution in [0, 0.1) is 0 Å². The van der Waals surface area contributed by atoms with Crippen molar-refractivity contribution in [1.29, 1.82) is 0 Å².